The maximum atomic E-state index is 12.8. The van der Waals surface area contributed by atoms with Crippen molar-refractivity contribution < 1.29 is 13.2 Å². The second kappa shape index (κ2) is 6.17. The molecular formula is C15H14BrF3N2. The molecular weight excluding hydrogens is 345 g/mol. The van der Waals surface area contributed by atoms with Crippen molar-refractivity contribution in [3.8, 4) is 0 Å². The number of nitrogens with one attached hydrogen (secondary N) is 1. The smallest absolute Gasteiger partial charge is 0.271 e. The van der Waals surface area contributed by atoms with E-state index in [1.807, 2.05) is 25.1 Å². The molecule has 112 valence electrons. The second-order valence-electron chi connectivity index (χ2n) is 4.75. The Hall–Kier alpha value is -1.37. The summed E-state index contributed by atoms with van der Waals surface area (Å²) < 4.78 is 39.2. The minimum absolute atomic E-state index is 0.455. The van der Waals surface area contributed by atoms with E-state index >= 15 is 0 Å². The Kier molecular flexibility index (Phi) is 4.70. The van der Waals surface area contributed by atoms with E-state index in [0.717, 1.165) is 27.7 Å². The van der Waals surface area contributed by atoms with Crippen LogP contribution in [0.1, 0.15) is 28.3 Å². The lowest BCUT2D eigenvalue weighted by molar-refractivity contribution is -0.137. The van der Waals surface area contributed by atoms with Crippen molar-refractivity contribution in [3.05, 3.63) is 69.2 Å². The van der Waals surface area contributed by atoms with E-state index in [0.29, 0.717) is 5.56 Å². The molecule has 0 aliphatic carbocycles. The highest BCUT2D eigenvalue weighted by atomic mass is 79.9. The minimum Gasteiger partial charge on any atom is -0.271 e. The fourth-order valence-electron chi connectivity index (χ4n) is 2.13. The third-order valence-electron chi connectivity index (χ3n) is 3.18. The molecule has 0 aliphatic heterocycles. The molecule has 2 aromatic carbocycles. The summed E-state index contributed by atoms with van der Waals surface area (Å²) >= 11 is 3.43. The van der Waals surface area contributed by atoms with Gasteiger partial charge in [-0.1, -0.05) is 40.2 Å². The fraction of sp³-hybridized carbons (Fsp3) is 0.200. The molecule has 0 amide bonds. The molecule has 2 rings (SSSR count). The van der Waals surface area contributed by atoms with Crippen LogP contribution in [0, 0.1) is 6.92 Å². The van der Waals surface area contributed by atoms with E-state index in [4.69, 9.17) is 5.84 Å². The van der Waals surface area contributed by atoms with Crippen LogP contribution in [-0.2, 0) is 6.18 Å². The number of hydrogen-bond acceptors (Lipinski definition) is 2. The monoisotopic (exact) mass is 358 g/mol. The van der Waals surface area contributed by atoms with Gasteiger partial charge in [0, 0.05) is 4.47 Å². The molecule has 0 fully saturated rings. The first-order valence-electron chi connectivity index (χ1n) is 6.22. The van der Waals surface area contributed by atoms with Gasteiger partial charge in [0.1, 0.15) is 0 Å². The molecule has 0 aliphatic rings. The molecule has 0 saturated heterocycles. The Balaban J connectivity index is 2.47. The van der Waals surface area contributed by atoms with Crippen LogP contribution >= 0.6 is 15.9 Å². The molecule has 0 spiro atoms. The fourth-order valence-corrected chi connectivity index (χ4v) is 2.85. The number of halogens is 4. The molecule has 2 nitrogen and oxygen atoms in total. The quantitative estimate of drug-likeness (QED) is 0.633. The zero-order valence-electron chi connectivity index (χ0n) is 11.2. The normalized spacial score (nSPS) is 13.2. The summed E-state index contributed by atoms with van der Waals surface area (Å²) in [6.07, 6.45) is -4.38. The van der Waals surface area contributed by atoms with Crippen LogP contribution < -0.4 is 11.3 Å². The zero-order chi connectivity index (χ0) is 15.6. The van der Waals surface area contributed by atoms with E-state index in [-0.39, 0.29) is 0 Å². The largest absolute Gasteiger partial charge is 0.416 e. The first-order chi connectivity index (χ1) is 9.82. The number of hydrazine groups is 1. The van der Waals surface area contributed by atoms with Crippen LogP contribution in [0.15, 0.2) is 46.9 Å². The van der Waals surface area contributed by atoms with Crippen molar-refractivity contribution in [1.29, 1.82) is 0 Å². The van der Waals surface area contributed by atoms with E-state index in [1.54, 1.807) is 6.07 Å². The van der Waals surface area contributed by atoms with Gasteiger partial charge >= 0.3 is 6.18 Å². The van der Waals surface area contributed by atoms with Crippen LogP contribution in [0.2, 0.25) is 0 Å². The molecule has 6 heteroatoms. The van der Waals surface area contributed by atoms with Crippen LogP contribution in [0.25, 0.3) is 0 Å². The Bertz CT molecular complexity index is 641. The number of aryl methyl sites for hydroxylation is 1. The summed E-state index contributed by atoms with van der Waals surface area (Å²) in [5, 5.41) is 0. The molecule has 1 unspecified atom stereocenters. The van der Waals surface area contributed by atoms with E-state index in [1.165, 1.54) is 6.07 Å². The van der Waals surface area contributed by atoms with Crippen LogP contribution in [0.5, 0.6) is 0 Å². The van der Waals surface area contributed by atoms with Gasteiger partial charge in [-0.25, -0.2) is 5.43 Å². The maximum Gasteiger partial charge on any atom is 0.416 e. The Morgan fingerprint density at radius 2 is 1.86 bits per heavy atom. The predicted octanol–water partition coefficient (Wildman–Crippen LogP) is 4.33. The van der Waals surface area contributed by atoms with Crippen molar-refractivity contribution in [1.82, 2.24) is 5.43 Å². The standard InChI is InChI=1S/C15H14BrF3N2/c1-9-5-6-12(13(16)7-9)14(21-20)10-3-2-4-11(8-10)15(17,18)19/h2-8,14,21H,20H2,1H3. The van der Waals surface area contributed by atoms with Gasteiger partial charge in [-0.15, -0.1) is 0 Å². The summed E-state index contributed by atoms with van der Waals surface area (Å²) in [6.45, 7) is 1.93. The summed E-state index contributed by atoms with van der Waals surface area (Å²) in [7, 11) is 0. The third kappa shape index (κ3) is 3.64. The van der Waals surface area contributed by atoms with Crippen LogP contribution in [0.4, 0.5) is 13.2 Å². The summed E-state index contributed by atoms with van der Waals surface area (Å²) in [5.41, 5.74) is 4.17. The molecule has 0 radical (unpaired) electrons. The van der Waals surface area contributed by atoms with E-state index in [2.05, 4.69) is 21.4 Å². The number of nitrogens with two attached hydrogens (primary N) is 1. The lowest BCUT2D eigenvalue weighted by Crippen LogP contribution is -2.29. The number of alkyl halides is 3. The average molecular weight is 359 g/mol. The molecule has 0 aromatic heterocycles. The number of rotatable bonds is 3. The topological polar surface area (TPSA) is 38.0 Å². The maximum absolute atomic E-state index is 12.8. The van der Waals surface area contributed by atoms with Gasteiger partial charge in [0.25, 0.3) is 0 Å². The SMILES string of the molecule is Cc1ccc(C(NN)c2cccc(C(F)(F)F)c2)c(Br)c1. The lowest BCUT2D eigenvalue weighted by Gasteiger charge is -2.20. The van der Waals surface area contributed by atoms with Gasteiger partial charge < -0.3 is 0 Å². The molecule has 21 heavy (non-hydrogen) atoms. The molecule has 0 saturated carbocycles. The van der Waals surface area contributed by atoms with Crippen molar-refractivity contribution in [2.45, 2.75) is 19.1 Å². The molecule has 0 heterocycles. The van der Waals surface area contributed by atoms with E-state index < -0.39 is 17.8 Å². The molecule has 3 N–H and O–H groups in total. The number of benzene rings is 2. The molecule has 2 aromatic rings. The zero-order valence-corrected chi connectivity index (χ0v) is 12.8. The predicted molar refractivity (Wildman–Crippen MR) is 79.5 cm³/mol. The van der Waals surface area contributed by atoms with Gasteiger partial charge in [0.15, 0.2) is 0 Å². The highest BCUT2D eigenvalue weighted by Gasteiger charge is 2.31. The summed E-state index contributed by atoms with van der Waals surface area (Å²) in [4.78, 5) is 0. The van der Waals surface area contributed by atoms with Crippen LogP contribution in [0.3, 0.4) is 0 Å². The number of hydrogen-bond donors (Lipinski definition) is 2. The summed E-state index contributed by atoms with van der Waals surface area (Å²) in [5.74, 6) is 5.55. The second-order valence-corrected chi connectivity index (χ2v) is 5.60. The first kappa shape index (κ1) is 16.0. The van der Waals surface area contributed by atoms with Gasteiger partial charge in [0.2, 0.25) is 0 Å². The molecule has 1 atom stereocenters. The van der Waals surface area contributed by atoms with Crippen molar-refractivity contribution in [2.24, 2.45) is 5.84 Å². The Labute approximate surface area is 129 Å². The van der Waals surface area contributed by atoms with Crippen molar-refractivity contribution in [3.63, 3.8) is 0 Å². The first-order valence-corrected chi connectivity index (χ1v) is 7.01. The highest BCUT2D eigenvalue weighted by Crippen LogP contribution is 2.33. The van der Waals surface area contributed by atoms with Gasteiger partial charge in [-0.05, 0) is 41.8 Å². The summed E-state index contributed by atoms with van der Waals surface area (Å²) in [6, 6.07) is 10.2. The average Bonchev–Trinajstić information content (AvgIpc) is 2.41. The van der Waals surface area contributed by atoms with Gasteiger partial charge in [-0.3, -0.25) is 5.84 Å². The third-order valence-corrected chi connectivity index (χ3v) is 3.87. The van der Waals surface area contributed by atoms with Crippen molar-refractivity contribution >= 4 is 15.9 Å². The van der Waals surface area contributed by atoms with Gasteiger partial charge in [0.05, 0.1) is 11.6 Å². The molecule has 0 bridgehead atoms. The minimum atomic E-state index is -4.38. The van der Waals surface area contributed by atoms with E-state index in [9.17, 15) is 13.2 Å². The lowest BCUT2D eigenvalue weighted by atomic mass is 9.97. The highest BCUT2D eigenvalue weighted by molar-refractivity contribution is 9.10. The van der Waals surface area contributed by atoms with Crippen molar-refractivity contribution in [2.75, 3.05) is 0 Å². The van der Waals surface area contributed by atoms with Crippen LogP contribution in [-0.4, -0.2) is 0 Å². The van der Waals surface area contributed by atoms with Gasteiger partial charge in [-0.2, -0.15) is 13.2 Å². The Morgan fingerprint density at radius 1 is 1.14 bits per heavy atom. The Morgan fingerprint density at radius 3 is 2.43 bits per heavy atom.